The molecule has 3 heteroatoms. The normalized spacial score (nSPS) is 13.6. The topological polar surface area (TPSA) is 49.7 Å². The Bertz CT molecular complexity index is 1660. The maximum atomic E-state index is 13.8. The van der Waals surface area contributed by atoms with Gasteiger partial charge in [0.1, 0.15) is 0 Å². The molecule has 0 unspecified atom stereocenters. The maximum Gasteiger partial charge on any atom is 0.193 e. The smallest absolute Gasteiger partial charge is 0.193 e. The van der Waals surface area contributed by atoms with Crippen molar-refractivity contribution in [2.24, 2.45) is 5.16 Å². The molecular weight excluding hydrogens is 466 g/mol. The number of carbonyl (C=O) groups excluding carboxylic acids is 1. The number of hydrogen-bond donors (Lipinski definition) is 1. The molecule has 5 aromatic rings. The van der Waals surface area contributed by atoms with E-state index in [1.807, 2.05) is 55.5 Å². The van der Waals surface area contributed by atoms with Crippen LogP contribution < -0.4 is 0 Å². The first kappa shape index (κ1) is 23.6. The van der Waals surface area contributed by atoms with E-state index in [4.69, 9.17) is 0 Å². The van der Waals surface area contributed by atoms with Crippen molar-refractivity contribution < 1.29 is 10.0 Å². The summed E-state index contributed by atoms with van der Waals surface area (Å²) in [5.74, 6) is 0.0147. The van der Waals surface area contributed by atoms with Crippen LogP contribution in [-0.2, 0) is 5.41 Å². The van der Waals surface area contributed by atoms with Crippen molar-refractivity contribution in [1.82, 2.24) is 0 Å². The third-order valence-corrected chi connectivity index (χ3v) is 7.77. The molecule has 1 aliphatic carbocycles. The fourth-order valence-corrected chi connectivity index (χ4v) is 5.90. The zero-order valence-electron chi connectivity index (χ0n) is 21.3. The van der Waals surface area contributed by atoms with Crippen LogP contribution in [0.25, 0.3) is 11.1 Å². The van der Waals surface area contributed by atoms with Crippen LogP contribution in [0.2, 0.25) is 0 Å². The minimum atomic E-state index is -0.652. The molecule has 0 amide bonds. The van der Waals surface area contributed by atoms with Gasteiger partial charge >= 0.3 is 0 Å². The summed E-state index contributed by atoms with van der Waals surface area (Å²) in [5, 5.41) is 13.0. The van der Waals surface area contributed by atoms with Crippen molar-refractivity contribution in [2.45, 2.75) is 19.3 Å². The first-order chi connectivity index (χ1) is 18.6. The Morgan fingerprint density at radius 3 is 1.71 bits per heavy atom. The van der Waals surface area contributed by atoms with Gasteiger partial charge in [0.25, 0.3) is 0 Å². The Morgan fingerprint density at radius 2 is 1.16 bits per heavy atom. The first-order valence-electron chi connectivity index (χ1n) is 12.8. The average molecular weight is 494 g/mol. The molecule has 5 aromatic carbocycles. The van der Waals surface area contributed by atoms with Crippen LogP contribution in [0, 0.1) is 6.92 Å². The van der Waals surface area contributed by atoms with E-state index in [0.717, 1.165) is 44.5 Å². The highest BCUT2D eigenvalue weighted by molar-refractivity contribution is 6.10. The molecule has 0 bridgehead atoms. The molecule has 0 aromatic heterocycles. The quantitative estimate of drug-likeness (QED) is 0.115. The molecule has 1 aliphatic rings. The highest BCUT2D eigenvalue weighted by Crippen LogP contribution is 2.56. The summed E-state index contributed by atoms with van der Waals surface area (Å²) >= 11 is 0. The zero-order chi connectivity index (χ0) is 26.3. The Balaban J connectivity index is 1.70. The first-order valence-corrected chi connectivity index (χ1v) is 12.8. The fraction of sp³-hybridized carbons (Fsp3) is 0.0857. The van der Waals surface area contributed by atoms with E-state index >= 15 is 0 Å². The fourth-order valence-electron chi connectivity index (χ4n) is 5.90. The second-order valence-corrected chi connectivity index (χ2v) is 9.83. The molecule has 6 rings (SSSR count). The number of aryl methyl sites for hydroxylation is 1. The van der Waals surface area contributed by atoms with E-state index < -0.39 is 5.41 Å². The molecule has 0 heterocycles. The number of nitrogens with zero attached hydrogens (tertiary/aromatic N) is 1. The highest BCUT2D eigenvalue weighted by Gasteiger charge is 2.46. The van der Waals surface area contributed by atoms with Gasteiger partial charge in [0.15, 0.2) is 5.78 Å². The molecule has 0 saturated carbocycles. The van der Waals surface area contributed by atoms with E-state index in [-0.39, 0.29) is 5.78 Å². The maximum absolute atomic E-state index is 13.8. The van der Waals surface area contributed by atoms with Crippen molar-refractivity contribution in [2.75, 3.05) is 0 Å². The number of benzene rings is 5. The Morgan fingerprint density at radius 1 is 0.658 bits per heavy atom. The largest absolute Gasteiger partial charge is 0.411 e. The SMILES string of the molecule is C/C(=N\O)c1ccc2c(c1)C(c1ccccc1)(c1ccccc1)c1cc(C(=O)c3ccccc3C)ccc1-2. The molecule has 1 N–H and O–H groups in total. The summed E-state index contributed by atoms with van der Waals surface area (Å²) in [4.78, 5) is 13.8. The van der Waals surface area contributed by atoms with Crippen molar-refractivity contribution >= 4 is 11.5 Å². The predicted molar refractivity (Wildman–Crippen MR) is 152 cm³/mol. The minimum absolute atomic E-state index is 0.0147. The number of oxime groups is 1. The Labute approximate surface area is 222 Å². The summed E-state index contributed by atoms with van der Waals surface area (Å²) in [6.45, 7) is 3.77. The molecule has 0 aliphatic heterocycles. The van der Waals surface area contributed by atoms with Crippen molar-refractivity contribution in [3.8, 4) is 11.1 Å². The molecule has 38 heavy (non-hydrogen) atoms. The number of ketones is 1. The molecule has 0 atom stereocenters. The summed E-state index contributed by atoms with van der Waals surface area (Å²) < 4.78 is 0. The van der Waals surface area contributed by atoms with Gasteiger partial charge in [-0.2, -0.15) is 0 Å². The van der Waals surface area contributed by atoms with E-state index in [1.165, 1.54) is 0 Å². The van der Waals surface area contributed by atoms with E-state index in [0.29, 0.717) is 16.8 Å². The van der Waals surface area contributed by atoms with Crippen LogP contribution >= 0.6 is 0 Å². The van der Waals surface area contributed by atoms with Crippen LogP contribution in [0.1, 0.15) is 56.2 Å². The van der Waals surface area contributed by atoms with Gasteiger partial charge in [-0.3, -0.25) is 4.79 Å². The van der Waals surface area contributed by atoms with Crippen molar-refractivity contribution in [3.63, 3.8) is 0 Å². The van der Waals surface area contributed by atoms with Crippen LogP contribution in [0.3, 0.4) is 0 Å². The molecule has 184 valence electrons. The van der Waals surface area contributed by atoms with Gasteiger partial charge < -0.3 is 5.21 Å². The Hall–Kier alpha value is -4.76. The third-order valence-electron chi connectivity index (χ3n) is 7.77. The van der Waals surface area contributed by atoms with Gasteiger partial charge in [-0.25, -0.2) is 0 Å². The summed E-state index contributed by atoms with van der Waals surface area (Å²) in [7, 11) is 0. The van der Waals surface area contributed by atoms with E-state index in [1.54, 1.807) is 6.92 Å². The van der Waals surface area contributed by atoms with Crippen LogP contribution in [0.15, 0.2) is 126 Å². The van der Waals surface area contributed by atoms with Gasteiger partial charge in [-0.15, -0.1) is 0 Å². The predicted octanol–water partition coefficient (Wildman–Crippen LogP) is 7.79. The standard InChI is InChI=1S/C35H27NO2/c1-23-11-9-10-16-29(23)34(37)26-18-20-31-30-19-17-25(24(2)36-38)21-32(30)35(33(31)22-26,27-12-5-3-6-13-27)28-14-7-4-8-15-28/h3-22,38H,1-2H3/b36-24+. The van der Waals surface area contributed by atoms with Gasteiger partial charge in [0.2, 0.25) is 0 Å². The van der Waals surface area contributed by atoms with Crippen LogP contribution in [0.4, 0.5) is 0 Å². The lowest BCUT2D eigenvalue weighted by molar-refractivity contribution is 0.103. The second-order valence-electron chi connectivity index (χ2n) is 9.83. The molecule has 0 saturated heterocycles. The van der Waals surface area contributed by atoms with Crippen molar-refractivity contribution in [3.05, 3.63) is 166 Å². The summed E-state index contributed by atoms with van der Waals surface area (Å²) in [5.41, 5.74) is 9.69. The number of carbonyl (C=O) groups is 1. The van der Waals surface area contributed by atoms with Gasteiger partial charge in [0, 0.05) is 11.1 Å². The molecular formula is C35H27NO2. The molecule has 0 fully saturated rings. The van der Waals surface area contributed by atoms with Gasteiger partial charge in [-0.1, -0.05) is 114 Å². The van der Waals surface area contributed by atoms with Crippen LogP contribution in [-0.4, -0.2) is 16.7 Å². The lowest BCUT2D eigenvalue weighted by Gasteiger charge is -2.34. The zero-order valence-corrected chi connectivity index (χ0v) is 21.3. The van der Waals surface area contributed by atoms with E-state index in [2.05, 4.69) is 78.0 Å². The number of rotatable bonds is 5. The number of hydrogen-bond acceptors (Lipinski definition) is 3. The number of fused-ring (bicyclic) bond motifs is 3. The van der Waals surface area contributed by atoms with E-state index in [9.17, 15) is 10.0 Å². The van der Waals surface area contributed by atoms with Crippen molar-refractivity contribution in [1.29, 1.82) is 0 Å². The van der Waals surface area contributed by atoms with Gasteiger partial charge in [-0.05, 0) is 70.5 Å². The third kappa shape index (κ3) is 3.51. The second kappa shape index (κ2) is 9.28. The summed E-state index contributed by atoms with van der Waals surface area (Å²) in [6.07, 6.45) is 0. The minimum Gasteiger partial charge on any atom is -0.411 e. The monoisotopic (exact) mass is 493 g/mol. The molecule has 0 spiro atoms. The highest BCUT2D eigenvalue weighted by atomic mass is 16.4. The van der Waals surface area contributed by atoms with Gasteiger partial charge in [0.05, 0.1) is 11.1 Å². The summed E-state index contributed by atoms with van der Waals surface area (Å²) in [6, 6.07) is 41.0. The lowest BCUT2D eigenvalue weighted by Crippen LogP contribution is -2.29. The Kier molecular flexibility index (Phi) is 5.77. The molecule has 0 radical (unpaired) electrons. The lowest BCUT2D eigenvalue weighted by atomic mass is 9.67. The average Bonchev–Trinajstić information content (AvgIpc) is 3.27. The molecule has 3 nitrogen and oxygen atoms in total. The van der Waals surface area contributed by atoms with Crippen LogP contribution in [0.5, 0.6) is 0 Å².